The molecule has 0 bridgehead atoms. The summed E-state index contributed by atoms with van der Waals surface area (Å²) in [5.74, 6) is -0.446. The lowest BCUT2D eigenvalue weighted by Crippen LogP contribution is -1.99. The van der Waals surface area contributed by atoms with Gasteiger partial charge in [-0.15, -0.1) is 0 Å². The predicted octanol–water partition coefficient (Wildman–Crippen LogP) is 2.59. The fourth-order valence-electron chi connectivity index (χ4n) is 0.999. The first-order valence-electron chi connectivity index (χ1n) is 4.13. The average Bonchev–Trinajstić information content (AvgIpc) is 1.77. The zero-order valence-corrected chi connectivity index (χ0v) is 4.91. The van der Waals surface area contributed by atoms with Gasteiger partial charge in [-0.05, 0) is 5.89 Å². The van der Waals surface area contributed by atoms with Gasteiger partial charge in [0.05, 0.1) is 0 Å². The van der Waals surface area contributed by atoms with Gasteiger partial charge in [0.15, 0.2) is 0 Å². The molecule has 0 aromatic heterocycles. The Bertz CT molecular complexity index is 99.1. The van der Waals surface area contributed by atoms with Crippen LogP contribution >= 0.6 is 0 Å². The van der Waals surface area contributed by atoms with E-state index in [0.717, 1.165) is 25.7 Å². The van der Waals surface area contributed by atoms with Crippen molar-refractivity contribution in [3.05, 3.63) is 0 Å². The molecule has 0 aromatic rings. The molecular formula is C7H14. The molecule has 0 saturated heterocycles. The van der Waals surface area contributed by atoms with Crippen LogP contribution in [0.4, 0.5) is 0 Å². The largest absolute Gasteiger partial charge is 0.0625 e. The molecule has 0 nitrogen and oxygen atoms in total. The van der Waals surface area contributed by atoms with Gasteiger partial charge < -0.3 is 0 Å². The van der Waals surface area contributed by atoms with E-state index in [1.54, 1.807) is 0 Å². The molecule has 2 atom stereocenters. The summed E-state index contributed by atoms with van der Waals surface area (Å²) in [4.78, 5) is 0. The van der Waals surface area contributed by atoms with E-state index in [1.807, 2.05) is 6.92 Å². The van der Waals surface area contributed by atoms with Crippen LogP contribution in [0.25, 0.3) is 0 Å². The maximum absolute atomic E-state index is 7.64. The molecule has 1 rings (SSSR count). The van der Waals surface area contributed by atoms with Crippen LogP contribution in [0, 0.1) is 5.89 Å². The number of hydrogen-bond donors (Lipinski definition) is 0. The van der Waals surface area contributed by atoms with Gasteiger partial charge in [0.2, 0.25) is 0 Å². The van der Waals surface area contributed by atoms with Crippen molar-refractivity contribution >= 4 is 0 Å². The predicted molar refractivity (Wildman–Crippen MR) is 32.2 cm³/mol. The third kappa shape index (κ3) is 1.50. The van der Waals surface area contributed by atoms with Gasteiger partial charge >= 0.3 is 0 Å². The third-order valence-electron chi connectivity index (χ3n) is 1.52. The molecule has 42 valence electrons. The molecular weight excluding hydrogens is 84.1 g/mol. The second-order valence-electron chi connectivity index (χ2n) is 2.30. The lowest BCUT2D eigenvalue weighted by molar-refractivity contribution is 0.385. The Hall–Kier alpha value is 0. The number of rotatable bonds is 0. The summed E-state index contributed by atoms with van der Waals surface area (Å²) >= 11 is 0. The fourth-order valence-corrected chi connectivity index (χ4v) is 0.999. The van der Waals surface area contributed by atoms with Crippen LogP contribution in [0.2, 0.25) is 0 Å². The van der Waals surface area contributed by atoms with E-state index in [4.69, 9.17) is 2.74 Å². The van der Waals surface area contributed by atoms with Crippen molar-refractivity contribution in [2.24, 2.45) is 5.89 Å². The van der Waals surface area contributed by atoms with E-state index < -0.39 is 5.89 Å². The van der Waals surface area contributed by atoms with Crippen molar-refractivity contribution < 1.29 is 2.74 Å². The SMILES string of the molecule is [2H]C1CCCCC1([2H])C. The summed E-state index contributed by atoms with van der Waals surface area (Å²) in [6.45, 7) is 1.88. The average molecular weight is 100 g/mol. The highest BCUT2D eigenvalue weighted by Crippen LogP contribution is 2.21. The molecule has 0 N–H and O–H groups in total. The Kier molecular flexibility index (Phi) is 1.04. The molecule has 2 unspecified atom stereocenters. The van der Waals surface area contributed by atoms with Crippen molar-refractivity contribution in [1.82, 2.24) is 0 Å². The summed E-state index contributed by atoms with van der Waals surface area (Å²) in [6, 6.07) is 0. The van der Waals surface area contributed by atoms with Gasteiger partial charge in [-0.25, -0.2) is 0 Å². The first kappa shape index (κ1) is 3.11. The fraction of sp³-hybridized carbons (Fsp3) is 1.00. The maximum atomic E-state index is 7.64. The van der Waals surface area contributed by atoms with Gasteiger partial charge in [-0.2, -0.15) is 0 Å². The molecule has 0 spiro atoms. The molecule has 0 heteroatoms. The van der Waals surface area contributed by atoms with Crippen molar-refractivity contribution in [2.45, 2.75) is 39.0 Å². The first-order valence-corrected chi connectivity index (χ1v) is 3.05. The quantitative estimate of drug-likeness (QED) is 0.439. The van der Waals surface area contributed by atoms with Crippen molar-refractivity contribution in [1.29, 1.82) is 0 Å². The van der Waals surface area contributed by atoms with E-state index in [1.165, 1.54) is 0 Å². The smallest absolute Gasteiger partial charge is 0.0300 e. The van der Waals surface area contributed by atoms with Crippen LogP contribution in [0.15, 0.2) is 0 Å². The molecule has 0 radical (unpaired) electrons. The molecule has 1 saturated carbocycles. The van der Waals surface area contributed by atoms with Crippen LogP contribution in [0.3, 0.4) is 0 Å². The highest BCUT2D eigenvalue weighted by Gasteiger charge is 2.05. The van der Waals surface area contributed by atoms with E-state index in [2.05, 4.69) is 0 Å². The maximum Gasteiger partial charge on any atom is 0.0300 e. The molecule has 0 aromatic carbocycles. The van der Waals surface area contributed by atoms with Crippen molar-refractivity contribution in [3.8, 4) is 0 Å². The minimum atomic E-state index is -0.446. The highest BCUT2D eigenvalue weighted by molar-refractivity contribution is 4.59. The standard InChI is InChI=1S/C7H14/c1-7-5-3-2-4-6-7/h7H,2-6H2,1H3/i5D,7D. The van der Waals surface area contributed by atoms with Gasteiger partial charge in [-0.3, -0.25) is 0 Å². The zero-order valence-electron chi connectivity index (χ0n) is 6.91. The Morgan fingerprint density at radius 1 is 1.57 bits per heavy atom. The molecule has 1 aliphatic rings. The van der Waals surface area contributed by atoms with Gasteiger partial charge in [0.1, 0.15) is 0 Å². The number of hydrogen-bond acceptors (Lipinski definition) is 0. The second kappa shape index (κ2) is 2.34. The molecule has 1 fully saturated rings. The van der Waals surface area contributed by atoms with Crippen LogP contribution in [-0.4, -0.2) is 0 Å². The van der Waals surface area contributed by atoms with Gasteiger partial charge in [0.25, 0.3) is 0 Å². The highest BCUT2D eigenvalue weighted by atomic mass is 14.1. The minimum Gasteiger partial charge on any atom is -0.0625 e. The van der Waals surface area contributed by atoms with E-state index in [-0.39, 0.29) is 6.40 Å². The van der Waals surface area contributed by atoms with E-state index in [9.17, 15) is 0 Å². The third-order valence-corrected chi connectivity index (χ3v) is 1.52. The van der Waals surface area contributed by atoms with Gasteiger partial charge in [-0.1, -0.05) is 39.0 Å². The van der Waals surface area contributed by atoms with Crippen molar-refractivity contribution in [2.75, 3.05) is 0 Å². The first-order chi connectivity index (χ1) is 4.13. The monoisotopic (exact) mass is 100 g/mol. The van der Waals surface area contributed by atoms with Crippen LogP contribution in [-0.2, 0) is 0 Å². The normalized spacial score (nSPS) is 58.1. The van der Waals surface area contributed by atoms with Crippen LogP contribution < -0.4 is 0 Å². The molecule has 0 amide bonds. The second-order valence-corrected chi connectivity index (χ2v) is 2.30. The minimum absolute atomic E-state index is 0.133. The lowest BCUT2D eigenvalue weighted by Gasteiger charge is -2.15. The summed E-state index contributed by atoms with van der Waals surface area (Å²) in [7, 11) is 0. The molecule has 0 heterocycles. The zero-order chi connectivity index (χ0) is 6.91. The Labute approximate surface area is 48.7 Å². The van der Waals surface area contributed by atoms with Crippen LogP contribution in [0.5, 0.6) is 0 Å². The Morgan fingerprint density at radius 3 is 2.86 bits per heavy atom. The molecule has 0 aliphatic heterocycles. The van der Waals surface area contributed by atoms with Crippen molar-refractivity contribution in [3.63, 3.8) is 0 Å². The van der Waals surface area contributed by atoms with Crippen LogP contribution in [0.1, 0.15) is 41.7 Å². The van der Waals surface area contributed by atoms with E-state index in [0.29, 0.717) is 0 Å². The Morgan fingerprint density at radius 2 is 2.43 bits per heavy atom. The summed E-state index contributed by atoms with van der Waals surface area (Å²) < 4.78 is 15.1. The van der Waals surface area contributed by atoms with E-state index >= 15 is 0 Å². The summed E-state index contributed by atoms with van der Waals surface area (Å²) in [5, 5.41) is 0. The van der Waals surface area contributed by atoms with Gasteiger partial charge in [0, 0.05) is 2.74 Å². The summed E-state index contributed by atoms with van der Waals surface area (Å²) in [6.07, 6.45) is 4.02. The summed E-state index contributed by atoms with van der Waals surface area (Å²) in [5.41, 5.74) is 0. The molecule has 7 heavy (non-hydrogen) atoms. The topological polar surface area (TPSA) is 0 Å². The molecule has 1 aliphatic carbocycles. The Balaban J connectivity index is 2.49. The lowest BCUT2D eigenvalue weighted by atomic mass is 9.91.